The second-order valence-electron chi connectivity index (χ2n) is 11.5. The molecule has 2 unspecified atom stereocenters. The predicted octanol–water partition coefficient (Wildman–Crippen LogP) is 6.00. The van der Waals surface area contributed by atoms with Crippen molar-refractivity contribution in [1.29, 1.82) is 0 Å². The van der Waals surface area contributed by atoms with Crippen molar-refractivity contribution in [3.05, 3.63) is 42.0 Å². The Bertz CT molecular complexity index is 916. The Labute approximate surface area is 223 Å². The van der Waals surface area contributed by atoms with Crippen molar-refractivity contribution in [1.82, 2.24) is 15.5 Å². The zero-order valence-corrected chi connectivity index (χ0v) is 23.6. The van der Waals surface area contributed by atoms with Crippen LogP contribution in [0.4, 0.5) is 4.79 Å². The van der Waals surface area contributed by atoms with Crippen molar-refractivity contribution in [2.45, 2.75) is 110 Å². The fraction of sp³-hybridized carbons (Fsp3) is 0.633. The number of benzene rings is 1. The predicted molar refractivity (Wildman–Crippen MR) is 149 cm³/mol. The van der Waals surface area contributed by atoms with E-state index in [0.717, 1.165) is 36.8 Å². The Morgan fingerprint density at radius 3 is 2.41 bits per heavy atom. The Balaban J connectivity index is 2.45. The van der Waals surface area contributed by atoms with Gasteiger partial charge in [0.1, 0.15) is 17.7 Å². The van der Waals surface area contributed by atoms with E-state index in [0.29, 0.717) is 19.4 Å². The summed E-state index contributed by atoms with van der Waals surface area (Å²) >= 11 is 0. The van der Waals surface area contributed by atoms with Crippen LogP contribution in [0.15, 0.2) is 30.8 Å². The summed E-state index contributed by atoms with van der Waals surface area (Å²) in [7, 11) is 0. The average Bonchev–Trinajstić information content (AvgIpc) is 2.82. The highest BCUT2D eigenvalue weighted by Crippen LogP contribution is 2.27. The van der Waals surface area contributed by atoms with Crippen molar-refractivity contribution in [2.24, 2.45) is 5.92 Å². The van der Waals surface area contributed by atoms with E-state index in [4.69, 9.17) is 4.74 Å². The lowest BCUT2D eigenvalue weighted by molar-refractivity contribution is -0.143. The van der Waals surface area contributed by atoms with E-state index >= 15 is 0 Å². The average molecular weight is 514 g/mol. The van der Waals surface area contributed by atoms with Crippen molar-refractivity contribution >= 4 is 24.0 Å². The third kappa shape index (κ3) is 9.86. The minimum atomic E-state index is -0.815. The van der Waals surface area contributed by atoms with E-state index in [2.05, 4.69) is 17.2 Å². The van der Waals surface area contributed by atoms with Gasteiger partial charge in [-0.15, -0.1) is 0 Å². The number of hydrogen-bond acceptors (Lipinski definition) is 4. The highest BCUT2D eigenvalue weighted by Gasteiger charge is 2.37. The van der Waals surface area contributed by atoms with Crippen LogP contribution in [0.2, 0.25) is 0 Å². The van der Waals surface area contributed by atoms with Gasteiger partial charge < -0.3 is 20.3 Å². The first kappa shape index (κ1) is 30.4. The summed E-state index contributed by atoms with van der Waals surface area (Å²) in [6, 6.07) is 6.07. The van der Waals surface area contributed by atoms with Crippen LogP contribution in [0.5, 0.6) is 0 Å². The summed E-state index contributed by atoms with van der Waals surface area (Å²) in [4.78, 5) is 42.2. The number of nitrogens with zero attached hydrogens (tertiary/aromatic N) is 1. The molecular formula is C30H47N3O4. The van der Waals surface area contributed by atoms with Crippen LogP contribution in [0.3, 0.4) is 0 Å². The maximum absolute atomic E-state index is 14.1. The van der Waals surface area contributed by atoms with Crippen LogP contribution in [-0.4, -0.2) is 47.0 Å². The molecular weight excluding hydrogens is 466 g/mol. The third-order valence-corrected chi connectivity index (χ3v) is 6.42. The SMILES string of the molecule is C=Cc1cccc(C(C(=O)NC2CCCCC2)N(CCC)C(=O)C(CC(C)C)NC(=O)OC(C)(C)C)c1. The van der Waals surface area contributed by atoms with Crippen molar-refractivity contribution in [3.8, 4) is 0 Å². The zero-order chi connectivity index (χ0) is 27.6. The van der Waals surface area contributed by atoms with E-state index in [1.54, 1.807) is 31.7 Å². The number of ether oxygens (including phenoxy) is 1. The molecule has 3 amide bonds. The molecule has 1 aliphatic rings. The standard InChI is InChI=1S/C30H47N3O4/c1-8-18-33(28(35)25(19-21(3)4)32-29(36)37-30(5,6)7)26(23-15-13-14-22(9-2)20-23)27(34)31-24-16-11-10-12-17-24/h9,13-15,20-21,24-26H,2,8,10-12,16-19H2,1,3-7H3,(H,31,34)(H,32,36). The Hall–Kier alpha value is -2.83. The van der Waals surface area contributed by atoms with Crippen molar-refractivity contribution < 1.29 is 19.1 Å². The molecule has 7 nitrogen and oxygen atoms in total. The molecule has 206 valence electrons. The molecule has 0 bridgehead atoms. The fourth-order valence-electron chi connectivity index (χ4n) is 4.81. The first-order valence-corrected chi connectivity index (χ1v) is 13.8. The summed E-state index contributed by atoms with van der Waals surface area (Å²) in [6.45, 7) is 15.6. The first-order valence-electron chi connectivity index (χ1n) is 13.8. The Morgan fingerprint density at radius 2 is 1.84 bits per heavy atom. The van der Waals surface area contributed by atoms with Crippen molar-refractivity contribution in [3.63, 3.8) is 0 Å². The van der Waals surface area contributed by atoms with E-state index in [1.807, 2.05) is 45.0 Å². The molecule has 0 aliphatic heterocycles. The molecule has 37 heavy (non-hydrogen) atoms. The van der Waals surface area contributed by atoms with E-state index in [1.165, 1.54) is 6.42 Å². The molecule has 2 rings (SSSR count). The topological polar surface area (TPSA) is 87.7 Å². The maximum Gasteiger partial charge on any atom is 0.408 e. The number of hydrogen-bond donors (Lipinski definition) is 2. The number of rotatable bonds is 11. The van der Waals surface area contributed by atoms with Gasteiger partial charge in [-0.25, -0.2) is 4.79 Å². The van der Waals surface area contributed by atoms with E-state index in [9.17, 15) is 14.4 Å². The summed E-state index contributed by atoms with van der Waals surface area (Å²) in [5.41, 5.74) is 0.919. The highest BCUT2D eigenvalue weighted by atomic mass is 16.6. The molecule has 0 heterocycles. The van der Waals surface area contributed by atoms with Gasteiger partial charge in [0.05, 0.1) is 0 Å². The minimum Gasteiger partial charge on any atom is -0.444 e. The lowest BCUT2D eigenvalue weighted by Crippen LogP contribution is -2.54. The summed E-state index contributed by atoms with van der Waals surface area (Å²) in [5, 5.41) is 6.02. The molecule has 1 fully saturated rings. The molecule has 1 aromatic carbocycles. The summed E-state index contributed by atoms with van der Waals surface area (Å²) < 4.78 is 5.45. The van der Waals surface area contributed by atoms with Crippen LogP contribution in [-0.2, 0) is 14.3 Å². The van der Waals surface area contributed by atoms with Crippen LogP contribution in [0.1, 0.15) is 104 Å². The number of carbonyl (C=O) groups is 3. The van der Waals surface area contributed by atoms with Gasteiger partial charge in [0.2, 0.25) is 11.8 Å². The number of alkyl carbamates (subject to hydrolysis) is 1. The smallest absolute Gasteiger partial charge is 0.408 e. The monoisotopic (exact) mass is 513 g/mol. The number of amides is 3. The molecule has 1 aromatic rings. The van der Waals surface area contributed by atoms with Gasteiger partial charge in [0.15, 0.2) is 0 Å². The molecule has 7 heteroatoms. The van der Waals surface area contributed by atoms with Crippen LogP contribution in [0, 0.1) is 5.92 Å². The molecule has 0 radical (unpaired) electrons. The van der Waals surface area contributed by atoms with Gasteiger partial charge in [0.25, 0.3) is 0 Å². The van der Waals surface area contributed by atoms with Gasteiger partial charge in [-0.1, -0.05) is 70.9 Å². The molecule has 2 atom stereocenters. The van der Waals surface area contributed by atoms with Gasteiger partial charge in [-0.2, -0.15) is 0 Å². The molecule has 0 aromatic heterocycles. The highest BCUT2D eigenvalue weighted by molar-refractivity contribution is 5.92. The second kappa shape index (κ2) is 14.2. The van der Waals surface area contributed by atoms with Crippen molar-refractivity contribution in [2.75, 3.05) is 6.54 Å². The van der Waals surface area contributed by atoms with E-state index in [-0.39, 0.29) is 23.8 Å². The fourth-order valence-corrected chi connectivity index (χ4v) is 4.81. The van der Waals surface area contributed by atoms with E-state index < -0.39 is 23.8 Å². The molecule has 2 N–H and O–H groups in total. The number of nitrogens with one attached hydrogen (secondary N) is 2. The zero-order valence-electron chi connectivity index (χ0n) is 23.6. The first-order chi connectivity index (χ1) is 17.4. The lowest BCUT2D eigenvalue weighted by Gasteiger charge is -2.36. The molecule has 1 saturated carbocycles. The normalized spacial score (nSPS) is 16.0. The largest absolute Gasteiger partial charge is 0.444 e. The second-order valence-corrected chi connectivity index (χ2v) is 11.5. The van der Waals surface area contributed by atoms with Gasteiger partial charge in [0, 0.05) is 12.6 Å². The van der Waals surface area contributed by atoms with Crippen LogP contribution < -0.4 is 10.6 Å². The molecule has 1 aliphatic carbocycles. The Morgan fingerprint density at radius 1 is 1.16 bits per heavy atom. The summed E-state index contributed by atoms with van der Waals surface area (Å²) in [5.74, 6) is -0.323. The number of carbonyl (C=O) groups excluding carboxylic acids is 3. The quantitative estimate of drug-likeness (QED) is 0.380. The van der Waals surface area contributed by atoms with Gasteiger partial charge in [-0.3, -0.25) is 9.59 Å². The third-order valence-electron chi connectivity index (χ3n) is 6.42. The summed E-state index contributed by atoms with van der Waals surface area (Å²) in [6.07, 6.45) is 7.46. The van der Waals surface area contributed by atoms with Gasteiger partial charge >= 0.3 is 6.09 Å². The molecule has 0 saturated heterocycles. The maximum atomic E-state index is 14.1. The van der Waals surface area contributed by atoms with Crippen LogP contribution in [0.25, 0.3) is 6.08 Å². The minimum absolute atomic E-state index is 0.108. The van der Waals surface area contributed by atoms with Gasteiger partial charge in [-0.05, 0) is 69.6 Å². The van der Waals surface area contributed by atoms with Crippen LogP contribution >= 0.6 is 0 Å². The molecule has 0 spiro atoms. The lowest BCUT2D eigenvalue weighted by atomic mass is 9.94. The Kier molecular flexibility index (Phi) is 11.7.